The fourth-order valence-corrected chi connectivity index (χ4v) is 2.83. The first-order valence-corrected chi connectivity index (χ1v) is 8.27. The first kappa shape index (κ1) is 18.8. The molecule has 27 heavy (non-hydrogen) atoms. The Balaban J connectivity index is 1.73. The number of amides is 1. The largest absolute Gasteiger partial charge is 0.573 e. The highest BCUT2D eigenvalue weighted by atomic mass is 19.4. The first-order chi connectivity index (χ1) is 12.7. The molecular formula is C20H18F3NO3. The lowest BCUT2D eigenvalue weighted by Gasteiger charge is -2.19. The lowest BCUT2D eigenvalue weighted by Crippen LogP contribution is -2.28. The summed E-state index contributed by atoms with van der Waals surface area (Å²) in [6, 6.07) is 11.5. The van der Waals surface area contributed by atoms with Crippen LogP contribution in [0.4, 0.5) is 13.2 Å². The number of para-hydroxylation sites is 1. The molecule has 0 aliphatic rings. The molecule has 0 saturated carbocycles. The fraction of sp³-hybridized carbons (Fsp3) is 0.250. The van der Waals surface area contributed by atoms with Crippen LogP contribution in [0.1, 0.15) is 16.7 Å². The topological polar surface area (TPSA) is 42.7 Å². The van der Waals surface area contributed by atoms with Crippen LogP contribution >= 0.6 is 0 Å². The van der Waals surface area contributed by atoms with Gasteiger partial charge in [0.05, 0.1) is 12.7 Å². The number of carbonyl (C=O) groups excluding carboxylic acids is 1. The Morgan fingerprint density at radius 1 is 1.15 bits per heavy atom. The van der Waals surface area contributed by atoms with E-state index in [2.05, 4.69) is 4.74 Å². The summed E-state index contributed by atoms with van der Waals surface area (Å²) in [5.41, 5.74) is 2.76. The van der Waals surface area contributed by atoms with Gasteiger partial charge in [-0.3, -0.25) is 4.79 Å². The number of likely N-dealkylation sites (N-methyl/N-ethyl adjacent to an activating group) is 1. The maximum atomic E-state index is 12.5. The Bertz CT molecular complexity index is 963. The molecule has 0 fully saturated rings. The van der Waals surface area contributed by atoms with Crippen molar-refractivity contribution >= 4 is 16.9 Å². The normalized spacial score (nSPS) is 11.6. The second kappa shape index (κ2) is 7.34. The van der Waals surface area contributed by atoms with Gasteiger partial charge in [-0.2, -0.15) is 0 Å². The Hall–Kier alpha value is -2.96. The summed E-state index contributed by atoms with van der Waals surface area (Å²) in [4.78, 5) is 13.9. The van der Waals surface area contributed by atoms with Crippen LogP contribution in [0.2, 0.25) is 0 Å². The number of fused-ring (bicyclic) bond motifs is 1. The number of carbonyl (C=O) groups is 1. The van der Waals surface area contributed by atoms with Crippen LogP contribution in [0, 0.1) is 6.92 Å². The zero-order valence-electron chi connectivity index (χ0n) is 14.8. The molecule has 1 aromatic heterocycles. The summed E-state index contributed by atoms with van der Waals surface area (Å²) in [6.07, 6.45) is -3.15. The van der Waals surface area contributed by atoms with Crippen molar-refractivity contribution in [1.29, 1.82) is 0 Å². The van der Waals surface area contributed by atoms with Gasteiger partial charge in [-0.15, -0.1) is 13.2 Å². The highest BCUT2D eigenvalue weighted by Gasteiger charge is 2.32. The molecule has 0 N–H and O–H groups in total. The van der Waals surface area contributed by atoms with Gasteiger partial charge >= 0.3 is 6.36 Å². The number of benzene rings is 2. The van der Waals surface area contributed by atoms with E-state index in [1.807, 2.05) is 25.1 Å². The fourth-order valence-electron chi connectivity index (χ4n) is 2.83. The van der Waals surface area contributed by atoms with Crippen LogP contribution in [0.5, 0.6) is 5.75 Å². The van der Waals surface area contributed by atoms with Gasteiger partial charge in [0.1, 0.15) is 11.3 Å². The Morgan fingerprint density at radius 3 is 2.63 bits per heavy atom. The van der Waals surface area contributed by atoms with Gasteiger partial charge in [0.2, 0.25) is 5.91 Å². The number of rotatable bonds is 5. The maximum absolute atomic E-state index is 12.5. The molecule has 3 rings (SSSR count). The summed E-state index contributed by atoms with van der Waals surface area (Å²) < 4.78 is 47.1. The van der Waals surface area contributed by atoms with Crippen molar-refractivity contribution in [2.45, 2.75) is 26.3 Å². The van der Waals surface area contributed by atoms with Crippen molar-refractivity contribution in [1.82, 2.24) is 4.90 Å². The third-order valence-electron chi connectivity index (χ3n) is 4.18. The van der Waals surface area contributed by atoms with Gasteiger partial charge < -0.3 is 14.1 Å². The molecule has 0 unspecified atom stereocenters. The van der Waals surface area contributed by atoms with Crippen LogP contribution in [-0.4, -0.2) is 24.2 Å². The van der Waals surface area contributed by atoms with E-state index in [0.29, 0.717) is 5.58 Å². The van der Waals surface area contributed by atoms with Crippen LogP contribution < -0.4 is 4.74 Å². The van der Waals surface area contributed by atoms with E-state index in [9.17, 15) is 18.0 Å². The molecule has 1 heterocycles. The summed E-state index contributed by atoms with van der Waals surface area (Å²) in [5.74, 6) is -0.547. The highest BCUT2D eigenvalue weighted by molar-refractivity contribution is 5.87. The van der Waals surface area contributed by atoms with Gasteiger partial charge in [0.25, 0.3) is 0 Å². The van der Waals surface area contributed by atoms with Crippen molar-refractivity contribution in [2.75, 3.05) is 7.05 Å². The molecule has 142 valence electrons. The number of hydrogen-bond donors (Lipinski definition) is 0. The molecule has 0 spiro atoms. The predicted octanol–water partition coefficient (Wildman–Crippen LogP) is 4.84. The van der Waals surface area contributed by atoms with E-state index < -0.39 is 6.36 Å². The lowest BCUT2D eigenvalue weighted by molar-refractivity contribution is -0.275. The average Bonchev–Trinajstić information content (AvgIpc) is 2.97. The summed E-state index contributed by atoms with van der Waals surface area (Å²) in [5, 5.41) is 0.850. The molecule has 0 atom stereocenters. The third kappa shape index (κ3) is 4.61. The standard InChI is InChI=1S/C20H18F3NO3/c1-13-7-8-16-15(12-26-18(16)9-13)10-19(25)24(2)11-14-5-3-4-6-17(14)27-20(21,22)23/h3-9,12H,10-11H2,1-2H3. The number of nitrogens with zero attached hydrogens (tertiary/aromatic N) is 1. The molecule has 0 bridgehead atoms. The number of halogens is 3. The molecule has 7 heteroatoms. The molecule has 0 radical (unpaired) electrons. The van der Waals surface area contributed by atoms with Crippen molar-refractivity contribution < 1.29 is 27.1 Å². The zero-order valence-corrected chi connectivity index (χ0v) is 14.8. The molecule has 4 nitrogen and oxygen atoms in total. The van der Waals surface area contributed by atoms with E-state index in [0.717, 1.165) is 16.5 Å². The van der Waals surface area contributed by atoms with Crippen molar-refractivity contribution in [2.24, 2.45) is 0 Å². The minimum atomic E-state index is -4.79. The van der Waals surface area contributed by atoms with E-state index >= 15 is 0 Å². The van der Waals surface area contributed by atoms with Gasteiger partial charge in [-0.25, -0.2) is 0 Å². The Labute approximate surface area is 154 Å². The Morgan fingerprint density at radius 2 is 1.89 bits per heavy atom. The first-order valence-electron chi connectivity index (χ1n) is 8.27. The molecular weight excluding hydrogens is 359 g/mol. The minimum Gasteiger partial charge on any atom is -0.464 e. The van der Waals surface area contributed by atoms with Gasteiger partial charge in [-0.05, 0) is 24.6 Å². The predicted molar refractivity (Wildman–Crippen MR) is 94.3 cm³/mol. The second-order valence-corrected chi connectivity index (χ2v) is 6.34. The summed E-state index contributed by atoms with van der Waals surface area (Å²) >= 11 is 0. The van der Waals surface area contributed by atoms with E-state index in [-0.39, 0.29) is 30.2 Å². The smallest absolute Gasteiger partial charge is 0.464 e. The van der Waals surface area contributed by atoms with Crippen LogP contribution in [0.15, 0.2) is 53.1 Å². The zero-order chi connectivity index (χ0) is 19.6. The summed E-state index contributed by atoms with van der Waals surface area (Å²) in [7, 11) is 1.54. The van der Waals surface area contributed by atoms with E-state index in [1.54, 1.807) is 13.1 Å². The van der Waals surface area contributed by atoms with Gasteiger partial charge in [-0.1, -0.05) is 30.3 Å². The number of ether oxygens (including phenoxy) is 1. The SMILES string of the molecule is Cc1ccc2c(CC(=O)N(C)Cc3ccccc3OC(F)(F)F)coc2c1. The second-order valence-electron chi connectivity index (χ2n) is 6.34. The van der Waals surface area contributed by atoms with Crippen molar-refractivity contribution in [3.8, 4) is 5.75 Å². The number of aryl methyl sites for hydroxylation is 1. The third-order valence-corrected chi connectivity index (χ3v) is 4.18. The van der Waals surface area contributed by atoms with Crippen LogP contribution in [0.3, 0.4) is 0 Å². The van der Waals surface area contributed by atoms with Gasteiger partial charge in [0.15, 0.2) is 0 Å². The number of furan rings is 1. The Kier molecular flexibility index (Phi) is 5.12. The highest BCUT2D eigenvalue weighted by Crippen LogP contribution is 2.27. The number of alkyl halides is 3. The quantitative estimate of drug-likeness (QED) is 0.639. The minimum absolute atomic E-state index is 0.0000210. The molecule has 0 aliphatic carbocycles. The molecule has 0 aliphatic heterocycles. The molecule has 2 aromatic carbocycles. The van der Waals surface area contributed by atoms with Crippen LogP contribution in [0.25, 0.3) is 11.0 Å². The van der Waals surface area contributed by atoms with Gasteiger partial charge in [0, 0.05) is 30.1 Å². The van der Waals surface area contributed by atoms with E-state index in [4.69, 9.17) is 4.42 Å². The van der Waals surface area contributed by atoms with Crippen molar-refractivity contribution in [3.63, 3.8) is 0 Å². The molecule has 1 amide bonds. The average molecular weight is 377 g/mol. The number of hydrogen-bond acceptors (Lipinski definition) is 3. The lowest BCUT2D eigenvalue weighted by atomic mass is 10.1. The summed E-state index contributed by atoms with van der Waals surface area (Å²) in [6.45, 7) is 1.95. The maximum Gasteiger partial charge on any atom is 0.573 e. The van der Waals surface area contributed by atoms with E-state index in [1.165, 1.54) is 29.4 Å². The van der Waals surface area contributed by atoms with Crippen LogP contribution in [-0.2, 0) is 17.8 Å². The van der Waals surface area contributed by atoms with Crippen molar-refractivity contribution in [3.05, 3.63) is 65.4 Å². The monoisotopic (exact) mass is 377 g/mol. The molecule has 3 aromatic rings. The molecule has 0 saturated heterocycles.